The van der Waals surface area contributed by atoms with Crippen LogP contribution in [-0.2, 0) is 9.59 Å². The van der Waals surface area contributed by atoms with Crippen LogP contribution in [0.4, 0.5) is 5.69 Å². The van der Waals surface area contributed by atoms with E-state index in [2.05, 4.69) is 38.4 Å². The molecule has 0 unspecified atom stereocenters. The predicted molar refractivity (Wildman–Crippen MR) is 106 cm³/mol. The van der Waals surface area contributed by atoms with E-state index >= 15 is 0 Å². The fourth-order valence-corrected chi connectivity index (χ4v) is 2.30. The summed E-state index contributed by atoms with van der Waals surface area (Å²) in [5.74, 6) is 0.174. The van der Waals surface area contributed by atoms with Gasteiger partial charge in [-0.15, -0.1) is 0 Å². The Hall–Kier alpha value is -2.42. The summed E-state index contributed by atoms with van der Waals surface area (Å²) in [4.78, 5) is 23.5. The molecule has 0 aromatic heterocycles. The van der Waals surface area contributed by atoms with Crippen LogP contribution in [0.25, 0.3) is 0 Å². The van der Waals surface area contributed by atoms with Gasteiger partial charge >= 0.3 is 0 Å². The molecule has 25 heavy (non-hydrogen) atoms. The van der Waals surface area contributed by atoms with E-state index in [0.29, 0.717) is 11.4 Å². The van der Waals surface area contributed by atoms with E-state index in [-0.39, 0.29) is 24.7 Å². The Morgan fingerprint density at radius 2 is 1.84 bits per heavy atom. The Morgan fingerprint density at radius 1 is 1.12 bits per heavy atom. The molecule has 0 atom stereocenters. The summed E-state index contributed by atoms with van der Waals surface area (Å²) in [5.41, 5.74) is 3.92. The maximum absolute atomic E-state index is 11.8. The molecule has 2 aromatic rings. The van der Waals surface area contributed by atoms with Crippen LogP contribution in [0.3, 0.4) is 0 Å². The van der Waals surface area contributed by atoms with Gasteiger partial charge in [-0.2, -0.15) is 5.10 Å². The van der Waals surface area contributed by atoms with Crippen LogP contribution in [0, 0.1) is 3.57 Å². The molecule has 0 bridgehead atoms. The van der Waals surface area contributed by atoms with Gasteiger partial charge < -0.3 is 10.1 Å². The van der Waals surface area contributed by atoms with Gasteiger partial charge in [-0.05, 0) is 64.6 Å². The third-order valence-electron chi connectivity index (χ3n) is 3.20. The van der Waals surface area contributed by atoms with E-state index in [1.807, 2.05) is 42.5 Å². The zero-order valence-electron chi connectivity index (χ0n) is 13.7. The third-order valence-corrected chi connectivity index (χ3v) is 3.92. The summed E-state index contributed by atoms with van der Waals surface area (Å²) in [5, 5.41) is 6.62. The van der Waals surface area contributed by atoms with Crippen molar-refractivity contribution in [2.75, 3.05) is 12.4 Å². The number of hydrazone groups is 1. The summed E-state index contributed by atoms with van der Waals surface area (Å²) < 4.78 is 6.20. The van der Waals surface area contributed by atoms with Crippen LogP contribution < -0.4 is 15.5 Å². The van der Waals surface area contributed by atoms with Crippen LogP contribution in [0.5, 0.6) is 5.75 Å². The van der Waals surface area contributed by atoms with E-state index in [1.54, 1.807) is 13.2 Å². The maximum atomic E-state index is 11.8. The summed E-state index contributed by atoms with van der Waals surface area (Å²) in [6.45, 7) is 0. The lowest BCUT2D eigenvalue weighted by Gasteiger charge is -2.05. The lowest BCUT2D eigenvalue weighted by molar-refractivity contribution is -0.124. The predicted octanol–water partition coefficient (Wildman–Crippen LogP) is 3.17. The van der Waals surface area contributed by atoms with E-state index in [1.165, 1.54) is 6.21 Å². The summed E-state index contributed by atoms with van der Waals surface area (Å²) in [6, 6.07) is 14.7. The minimum absolute atomic E-state index is 0.0612. The first kappa shape index (κ1) is 18.9. The highest BCUT2D eigenvalue weighted by Crippen LogP contribution is 2.12. The van der Waals surface area contributed by atoms with Crippen molar-refractivity contribution < 1.29 is 14.3 Å². The van der Waals surface area contributed by atoms with Crippen molar-refractivity contribution in [1.29, 1.82) is 0 Å². The SMILES string of the molecule is COc1cccc(/C=N/NC(=O)CCC(=O)Nc2ccc(I)cc2)c1. The monoisotopic (exact) mass is 451 g/mol. The number of rotatable bonds is 7. The minimum Gasteiger partial charge on any atom is -0.497 e. The minimum atomic E-state index is -0.322. The van der Waals surface area contributed by atoms with E-state index in [4.69, 9.17) is 4.74 Å². The van der Waals surface area contributed by atoms with Crippen molar-refractivity contribution in [2.24, 2.45) is 5.10 Å². The molecule has 0 aliphatic heterocycles. The van der Waals surface area contributed by atoms with Crippen LogP contribution in [0.15, 0.2) is 53.6 Å². The number of anilines is 1. The molecule has 6 nitrogen and oxygen atoms in total. The average Bonchev–Trinajstić information content (AvgIpc) is 2.62. The van der Waals surface area contributed by atoms with Gasteiger partial charge in [0.15, 0.2) is 0 Å². The molecule has 0 radical (unpaired) electrons. The quantitative estimate of drug-likeness (QED) is 0.386. The second-order valence-corrected chi connectivity index (χ2v) is 6.37. The van der Waals surface area contributed by atoms with Gasteiger partial charge in [0.2, 0.25) is 11.8 Å². The smallest absolute Gasteiger partial charge is 0.240 e. The lowest BCUT2D eigenvalue weighted by atomic mass is 10.2. The Kier molecular flexibility index (Phi) is 7.39. The molecule has 130 valence electrons. The molecule has 0 fully saturated rings. The van der Waals surface area contributed by atoms with Crippen molar-refractivity contribution in [3.8, 4) is 5.75 Å². The van der Waals surface area contributed by atoms with Crippen LogP contribution in [-0.4, -0.2) is 25.1 Å². The van der Waals surface area contributed by atoms with Crippen molar-refractivity contribution in [2.45, 2.75) is 12.8 Å². The summed E-state index contributed by atoms with van der Waals surface area (Å²) >= 11 is 2.19. The molecular weight excluding hydrogens is 433 g/mol. The van der Waals surface area contributed by atoms with Crippen molar-refractivity contribution in [1.82, 2.24) is 5.43 Å². The normalized spacial score (nSPS) is 10.5. The van der Waals surface area contributed by atoms with Gasteiger partial charge in [0.1, 0.15) is 5.75 Å². The zero-order chi connectivity index (χ0) is 18.1. The number of nitrogens with zero attached hydrogens (tertiary/aromatic N) is 1. The molecule has 2 amide bonds. The topological polar surface area (TPSA) is 79.8 Å². The number of carbonyl (C=O) groups is 2. The van der Waals surface area contributed by atoms with Crippen molar-refractivity contribution in [3.63, 3.8) is 0 Å². The highest BCUT2D eigenvalue weighted by atomic mass is 127. The molecule has 2 aromatic carbocycles. The Bertz CT molecular complexity index is 760. The van der Waals surface area contributed by atoms with Crippen LogP contribution in [0.2, 0.25) is 0 Å². The van der Waals surface area contributed by atoms with Crippen LogP contribution >= 0.6 is 22.6 Å². The lowest BCUT2D eigenvalue weighted by Crippen LogP contribution is -2.20. The third kappa shape index (κ3) is 6.92. The fourth-order valence-electron chi connectivity index (χ4n) is 1.94. The highest BCUT2D eigenvalue weighted by molar-refractivity contribution is 14.1. The van der Waals surface area contributed by atoms with Gasteiger partial charge in [-0.3, -0.25) is 9.59 Å². The molecule has 0 heterocycles. The van der Waals surface area contributed by atoms with Crippen LogP contribution in [0.1, 0.15) is 18.4 Å². The second-order valence-electron chi connectivity index (χ2n) is 5.12. The van der Waals surface area contributed by atoms with Crippen molar-refractivity contribution >= 4 is 46.3 Å². The van der Waals surface area contributed by atoms with E-state index in [9.17, 15) is 9.59 Å². The molecule has 2 N–H and O–H groups in total. The molecule has 0 saturated carbocycles. The highest BCUT2D eigenvalue weighted by Gasteiger charge is 2.06. The molecule has 0 aliphatic rings. The number of methoxy groups -OCH3 is 1. The zero-order valence-corrected chi connectivity index (χ0v) is 15.8. The number of hydrogen-bond donors (Lipinski definition) is 2. The molecule has 2 rings (SSSR count). The summed E-state index contributed by atoms with van der Waals surface area (Å²) in [7, 11) is 1.58. The molecule has 0 spiro atoms. The van der Waals surface area contributed by atoms with Gasteiger partial charge in [-0.25, -0.2) is 5.43 Å². The Labute approximate surface area is 159 Å². The average molecular weight is 451 g/mol. The standard InChI is InChI=1S/C18H18IN3O3/c1-25-16-4-2-3-13(11-16)12-20-22-18(24)10-9-17(23)21-15-7-5-14(19)6-8-15/h2-8,11-12H,9-10H2,1H3,(H,21,23)(H,22,24)/b20-12+. The number of hydrogen-bond acceptors (Lipinski definition) is 4. The number of benzene rings is 2. The first-order valence-corrected chi connectivity index (χ1v) is 8.66. The van der Waals surface area contributed by atoms with Gasteiger partial charge in [-0.1, -0.05) is 12.1 Å². The first-order chi connectivity index (χ1) is 12.1. The largest absolute Gasteiger partial charge is 0.497 e. The Balaban J connectivity index is 1.73. The van der Waals surface area contributed by atoms with E-state index < -0.39 is 0 Å². The van der Waals surface area contributed by atoms with Gasteiger partial charge in [0.05, 0.1) is 13.3 Å². The number of halogens is 1. The van der Waals surface area contributed by atoms with Crippen molar-refractivity contribution in [3.05, 3.63) is 57.7 Å². The first-order valence-electron chi connectivity index (χ1n) is 7.58. The number of nitrogens with one attached hydrogen (secondary N) is 2. The molecule has 0 saturated heterocycles. The Morgan fingerprint density at radius 3 is 2.56 bits per heavy atom. The number of ether oxygens (including phenoxy) is 1. The second kappa shape index (κ2) is 9.77. The van der Waals surface area contributed by atoms with E-state index in [0.717, 1.165) is 9.13 Å². The van der Waals surface area contributed by atoms with Gasteiger partial charge in [0.25, 0.3) is 0 Å². The maximum Gasteiger partial charge on any atom is 0.240 e. The summed E-state index contributed by atoms with van der Waals surface area (Å²) in [6.07, 6.45) is 1.67. The van der Waals surface area contributed by atoms with Gasteiger partial charge in [0, 0.05) is 22.1 Å². The number of amides is 2. The number of carbonyl (C=O) groups excluding carboxylic acids is 2. The molecular formula is C18H18IN3O3. The molecule has 7 heteroatoms. The fraction of sp³-hybridized carbons (Fsp3) is 0.167. The molecule has 0 aliphatic carbocycles.